The lowest BCUT2D eigenvalue weighted by Crippen LogP contribution is -2.20. The average Bonchev–Trinajstić information content (AvgIpc) is 1.79. The summed E-state index contributed by atoms with van der Waals surface area (Å²) in [4.78, 5) is 0. The van der Waals surface area contributed by atoms with Gasteiger partial charge in [-0.1, -0.05) is 41.5 Å². The first kappa shape index (κ1) is 12.5. The van der Waals surface area contributed by atoms with E-state index in [4.69, 9.17) is 5.84 Å². The van der Waals surface area contributed by atoms with E-state index in [1.54, 1.807) is 0 Å². The highest BCUT2D eigenvalue weighted by atomic mass is 15.1. The Hall–Kier alpha value is -0.530. The summed E-state index contributed by atoms with van der Waals surface area (Å²) in [6.45, 7) is 13.3. The number of hydrogen-bond donors (Lipinski definition) is 1. The Morgan fingerprint density at radius 3 is 1.38 bits per heavy atom. The van der Waals surface area contributed by atoms with Crippen molar-refractivity contribution in [3.63, 3.8) is 0 Å². The van der Waals surface area contributed by atoms with Crippen molar-refractivity contribution in [2.24, 2.45) is 21.8 Å². The fraction of sp³-hybridized carbons (Fsp3) is 0.909. The van der Waals surface area contributed by atoms with E-state index in [0.29, 0.717) is 0 Å². The molecule has 0 aliphatic carbocycles. The monoisotopic (exact) mass is 184 g/mol. The summed E-state index contributed by atoms with van der Waals surface area (Å²) in [5.74, 6) is 5.38. The van der Waals surface area contributed by atoms with E-state index in [1.165, 1.54) is 0 Å². The molecular formula is C11H24N2. The lowest BCUT2D eigenvalue weighted by atomic mass is 9.82. The second kappa shape index (κ2) is 4.12. The van der Waals surface area contributed by atoms with E-state index in [1.807, 2.05) is 0 Å². The van der Waals surface area contributed by atoms with Crippen LogP contribution in [0.3, 0.4) is 0 Å². The molecule has 0 bridgehead atoms. The van der Waals surface area contributed by atoms with Gasteiger partial charge in [0.15, 0.2) is 0 Å². The van der Waals surface area contributed by atoms with E-state index in [-0.39, 0.29) is 10.8 Å². The molecule has 0 aliphatic rings. The number of nitrogens with zero attached hydrogens (tertiary/aromatic N) is 1. The molecule has 0 aromatic rings. The van der Waals surface area contributed by atoms with Crippen LogP contribution in [0.4, 0.5) is 0 Å². The third-order valence-corrected chi connectivity index (χ3v) is 1.65. The summed E-state index contributed by atoms with van der Waals surface area (Å²) in [6, 6.07) is 0. The van der Waals surface area contributed by atoms with Crippen LogP contribution in [0.25, 0.3) is 0 Å². The van der Waals surface area contributed by atoms with E-state index < -0.39 is 0 Å². The molecule has 0 aliphatic heterocycles. The van der Waals surface area contributed by atoms with Crippen LogP contribution in [0.1, 0.15) is 54.4 Å². The molecule has 0 amide bonds. The van der Waals surface area contributed by atoms with Gasteiger partial charge in [-0.05, 0) is 23.7 Å². The van der Waals surface area contributed by atoms with Gasteiger partial charge in [0.2, 0.25) is 0 Å². The smallest absolute Gasteiger partial charge is 0.0386 e. The van der Waals surface area contributed by atoms with E-state index in [9.17, 15) is 0 Å². The normalized spacial score (nSPS) is 12.8. The third-order valence-electron chi connectivity index (χ3n) is 1.65. The molecule has 0 aromatic heterocycles. The Kier molecular flexibility index (Phi) is 3.95. The van der Waals surface area contributed by atoms with Gasteiger partial charge in [-0.3, -0.25) is 0 Å². The van der Waals surface area contributed by atoms with Crippen molar-refractivity contribution >= 4 is 5.71 Å². The first-order valence-corrected chi connectivity index (χ1v) is 4.90. The highest BCUT2D eigenvalue weighted by Crippen LogP contribution is 2.26. The molecule has 0 saturated heterocycles. The van der Waals surface area contributed by atoms with Crippen LogP contribution in [0.5, 0.6) is 0 Å². The molecule has 2 N–H and O–H groups in total. The topological polar surface area (TPSA) is 38.4 Å². The van der Waals surface area contributed by atoms with Crippen LogP contribution in [0.2, 0.25) is 0 Å². The number of rotatable bonds is 2. The van der Waals surface area contributed by atoms with Crippen molar-refractivity contribution in [2.45, 2.75) is 54.4 Å². The zero-order valence-corrected chi connectivity index (χ0v) is 9.94. The Labute approximate surface area is 82.6 Å². The summed E-state index contributed by atoms with van der Waals surface area (Å²) in [6.07, 6.45) is 1.97. The van der Waals surface area contributed by atoms with Gasteiger partial charge in [0.05, 0.1) is 0 Å². The van der Waals surface area contributed by atoms with Gasteiger partial charge in [-0.25, -0.2) is 0 Å². The lowest BCUT2D eigenvalue weighted by Gasteiger charge is -2.24. The van der Waals surface area contributed by atoms with Crippen molar-refractivity contribution in [3.05, 3.63) is 0 Å². The standard InChI is InChI=1S/C11H24N2/c1-10(2,3)7-9(13-12)8-11(4,5)6/h7-8,12H2,1-6H3. The molecule has 0 fully saturated rings. The predicted molar refractivity (Wildman–Crippen MR) is 59.8 cm³/mol. The fourth-order valence-corrected chi connectivity index (χ4v) is 1.38. The summed E-state index contributed by atoms with van der Waals surface area (Å²) in [5, 5.41) is 3.88. The number of hydrogen-bond acceptors (Lipinski definition) is 2. The fourth-order valence-electron chi connectivity index (χ4n) is 1.38. The molecule has 2 nitrogen and oxygen atoms in total. The Morgan fingerprint density at radius 1 is 0.923 bits per heavy atom. The molecule has 0 aromatic carbocycles. The maximum Gasteiger partial charge on any atom is 0.0386 e. The van der Waals surface area contributed by atoms with Gasteiger partial charge in [0.1, 0.15) is 0 Å². The van der Waals surface area contributed by atoms with Crippen LogP contribution in [0.15, 0.2) is 5.10 Å². The molecule has 0 spiro atoms. The van der Waals surface area contributed by atoms with Crippen molar-refractivity contribution in [1.29, 1.82) is 0 Å². The van der Waals surface area contributed by atoms with Crippen molar-refractivity contribution < 1.29 is 0 Å². The van der Waals surface area contributed by atoms with Crippen molar-refractivity contribution in [1.82, 2.24) is 0 Å². The molecule has 13 heavy (non-hydrogen) atoms. The molecule has 0 heterocycles. The van der Waals surface area contributed by atoms with Gasteiger partial charge in [0.25, 0.3) is 0 Å². The first-order valence-electron chi connectivity index (χ1n) is 4.90. The largest absolute Gasteiger partial charge is 0.323 e. The summed E-state index contributed by atoms with van der Waals surface area (Å²) < 4.78 is 0. The molecule has 0 rings (SSSR count). The molecular weight excluding hydrogens is 160 g/mol. The van der Waals surface area contributed by atoms with Crippen LogP contribution < -0.4 is 5.84 Å². The molecule has 0 unspecified atom stereocenters. The minimum Gasteiger partial charge on any atom is -0.323 e. The maximum atomic E-state index is 5.38. The van der Waals surface area contributed by atoms with Gasteiger partial charge < -0.3 is 5.84 Å². The van der Waals surface area contributed by atoms with Gasteiger partial charge in [0, 0.05) is 5.71 Å². The third kappa shape index (κ3) is 7.82. The first-order chi connectivity index (χ1) is 5.64. The second-order valence-electron chi connectivity index (χ2n) is 6.17. The zero-order valence-electron chi connectivity index (χ0n) is 9.94. The highest BCUT2D eigenvalue weighted by molar-refractivity contribution is 5.85. The minimum atomic E-state index is 0.281. The number of nitrogens with two attached hydrogens (primary N) is 1. The van der Waals surface area contributed by atoms with Crippen LogP contribution >= 0.6 is 0 Å². The SMILES string of the molecule is CC(C)(C)CC(CC(C)(C)C)=NN. The minimum absolute atomic E-state index is 0.281. The Morgan fingerprint density at radius 2 is 1.23 bits per heavy atom. The van der Waals surface area contributed by atoms with E-state index in [2.05, 4.69) is 46.6 Å². The van der Waals surface area contributed by atoms with E-state index >= 15 is 0 Å². The van der Waals surface area contributed by atoms with Gasteiger partial charge in [-0.15, -0.1) is 0 Å². The van der Waals surface area contributed by atoms with Crippen molar-refractivity contribution in [3.8, 4) is 0 Å². The molecule has 0 saturated carbocycles. The maximum absolute atomic E-state index is 5.38. The summed E-state index contributed by atoms with van der Waals surface area (Å²) in [5.41, 5.74) is 1.69. The molecule has 0 radical (unpaired) electrons. The van der Waals surface area contributed by atoms with E-state index in [0.717, 1.165) is 18.6 Å². The summed E-state index contributed by atoms with van der Waals surface area (Å²) >= 11 is 0. The Balaban J connectivity index is 4.24. The van der Waals surface area contributed by atoms with Crippen LogP contribution in [-0.2, 0) is 0 Å². The average molecular weight is 184 g/mol. The highest BCUT2D eigenvalue weighted by Gasteiger charge is 2.19. The van der Waals surface area contributed by atoms with Crippen molar-refractivity contribution in [2.75, 3.05) is 0 Å². The molecule has 78 valence electrons. The van der Waals surface area contributed by atoms with Gasteiger partial charge in [-0.2, -0.15) is 5.10 Å². The molecule has 0 atom stereocenters. The number of hydrazone groups is 1. The van der Waals surface area contributed by atoms with Crippen LogP contribution in [-0.4, -0.2) is 5.71 Å². The zero-order chi connectivity index (χ0) is 10.7. The van der Waals surface area contributed by atoms with Crippen LogP contribution in [0, 0.1) is 10.8 Å². The molecule has 2 heteroatoms. The predicted octanol–water partition coefficient (Wildman–Crippen LogP) is 3.17. The Bertz CT molecular complexity index is 161. The quantitative estimate of drug-likeness (QED) is 0.399. The lowest BCUT2D eigenvalue weighted by molar-refractivity contribution is 0.399. The summed E-state index contributed by atoms with van der Waals surface area (Å²) in [7, 11) is 0. The van der Waals surface area contributed by atoms with Gasteiger partial charge >= 0.3 is 0 Å². The second-order valence-corrected chi connectivity index (χ2v) is 6.17.